The van der Waals surface area contributed by atoms with Gasteiger partial charge in [-0.25, -0.2) is 13.2 Å². The Morgan fingerprint density at radius 3 is 2.45 bits per heavy atom. The predicted molar refractivity (Wildman–Crippen MR) is 98.2 cm³/mol. The topological polar surface area (TPSA) is 82.6 Å². The molecule has 0 unspecified atom stereocenters. The number of carbonyl (C=O) groups is 1. The van der Waals surface area contributed by atoms with Crippen molar-refractivity contribution in [2.75, 3.05) is 26.2 Å². The molecule has 0 spiro atoms. The van der Waals surface area contributed by atoms with Gasteiger partial charge in [-0.1, -0.05) is 12.1 Å². The fourth-order valence-corrected chi connectivity index (χ4v) is 4.37. The number of rotatable bonds is 4. The molecule has 0 atom stereocenters. The molecule has 1 fully saturated rings. The van der Waals surface area contributed by atoms with E-state index >= 15 is 0 Å². The summed E-state index contributed by atoms with van der Waals surface area (Å²) in [5.41, 5.74) is -0.196. The van der Waals surface area contributed by atoms with Crippen LogP contribution in [0.15, 0.2) is 53.7 Å². The van der Waals surface area contributed by atoms with Crippen LogP contribution in [0.1, 0.15) is 11.1 Å². The van der Waals surface area contributed by atoms with Gasteiger partial charge in [0.05, 0.1) is 10.5 Å². The van der Waals surface area contributed by atoms with E-state index in [1.807, 2.05) is 6.07 Å². The monoisotopic (exact) mass is 428 g/mol. The van der Waals surface area contributed by atoms with Crippen LogP contribution in [0, 0.1) is 0 Å². The van der Waals surface area contributed by atoms with Gasteiger partial charge in [-0.3, -0.25) is 4.98 Å². The lowest BCUT2D eigenvalue weighted by Crippen LogP contribution is -2.52. The van der Waals surface area contributed by atoms with Crippen LogP contribution in [0.3, 0.4) is 0 Å². The number of carbonyl (C=O) groups excluding carboxylic acids is 1. The van der Waals surface area contributed by atoms with Gasteiger partial charge in [0, 0.05) is 45.1 Å². The summed E-state index contributed by atoms with van der Waals surface area (Å²) in [6.45, 7) is 0.557. The molecule has 0 saturated carbocycles. The highest BCUT2D eigenvalue weighted by molar-refractivity contribution is 7.89. The minimum atomic E-state index is -4.63. The van der Waals surface area contributed by atoms with Crippen molar-refractivity contribution in [2.45, 2.75) is 17.6 Å². The van der Waals surface area contributed by atoms with Crippen LogP contribution in [0.4, 0.5) is 18.0 Å². The molecule has 0 bridgehead atoms. The molecule has 29 heavy (non-hydrogen) atoms. The molecular formula is C18H19F3N4O3S. The Bertz CT molecular complexity index is 960. The van der Waals surface area contributed by atoms with Gasteiger partial charge in [0.2, 0.25) is 10.0 Å². The summed E-state index contributed by atoms with van der Waals surface area (Å²) >= 11 is 0. The normalized spacial score (nSPS) is 15.9. The maximum Gasteiger partial charge on any atom is 0.416 e. The van der Waals surface area contributed by atoms with Crippen molar-refractivity contribution in [3.8, 4) is 0 Å². The van der Waals surface area contributed by atoms with Gasteiger partial charge in [-0.05, 0) is 29.8 Å². The van der Waals surface area contributed by atoms with E-state index in [-0.39, 0.29) is 38.8 Å². The Labute approximate surface area is 166 Å². The van der Waals surface area contributed by atoms with Gasteiger partial charge in [-0.15, -0.1) is 0 Å². The van der Waals surface area contributed by atoms with E-state index in [9.17, 15) is 26.4 Å². The number of nitrogens with one attached hydrogen (secondary N) is 1. The summed E-state index contributed by atoms with van der Waals surface area (Å²) in [5, 5.41) is 2.73. The van der Waals surface area contributed by atoms with Crippen LogP contribution in [-0.2, 0) is 22.7 Å². The molecule has 0 radical (unpaired) electrons. The van der Waals surface area contributed by atoms with Gasteiger partial charge < -0.3 is 10.2 Å². The summed E-state index contributed by atoms with van der Waals surface area (Å²) in [7, 11) is -4.08. The van der Waals surface area contributed by atoms with Crippen molar-refractivity contribution in [1.29, 1.82) is 0 Å². The van der Waals surface area contributed by atoms with E-state index in [4.69, 9.17) is 0 Å². The number of aromatic nitrogens is 1. The quantitative estimate of drug-likeness (QED) is 0.810. The highest BCUT2D eigenvalue weighted by Crippen LogP contribution is 2.31. The molecule has 2 amide bonds. The number of pyridine rings is 1. The van der Waals surface area contributed by atoms with Gasteiger partial charge >= 0.3 is 12.2 Å². The fraction of sp³-hybridized carbons (Fsp3) is 0.333. The average molecular weight is 428 g/mol. The van der Waals surface area contributed by atoms with Crippen LogP contribution in [-0.4, -0.2) is 54.8 Å². The highest BCUT2D eigenvalue weighted by atomic mass is 32.2. The molecule has 1 aliphatic heterocycles. The second-order valence-corrected chi connectivity index (χ2v) is 8.37. The maximum absolute atomic E-state index is 12.9. The fourth-order valence-electron chi connectivity index (χ4n) is 2.91. The number of sulfonamides is 1. The second-order valence-electron chi connectivity index (χ2n) is 6.44. The van der Waals surface area contributed by atoms with E-state index in [1.165, 1.54) is 4.90 Å². The molecule has 2 heterocycles. The molecule has 1 saturated heterocycles. The Morgan fingerprint density at radius 2 is 1.83 bits per heavy atom. The largest absolute Gasteiger partial charge is 0.416 e. The van der Waals surface area contributed by atoms with E-state index in [0.29, 0.717) is 6.07 Å². The number of piperazine rings is 1. The number of halogens is 3. The summed E-state index contributed by atoms with van der Waals surface area (Å²) < 4.78 is 65.1. The highest BCUT2D eigenvalue weighted by Gasteiger charge is 2.34. The SMILES string of the molecule is O=C(NCc1cccnc1)N1CCN(S(=O)(=O)c2cccc(C(F)(F)F)c2)CC1. The lowest BCUT2D eigenvalue weighted by atomic mass is 10.2. The van der Waals surface area contributed by atoms with Crippen molar-refractivity contribution >= 4 is 16.1 Å². The summed E-state index contributed by atoms with van der Waals surface area (Å²) in [6.07, 6.45) is -1.38. The zero-order valence-electron chi connectivity index (χ0n) is 15.3. The lowest BCUT2D eigenvalue weighted by Gasteiger charge is -2.34. The van der Waals surface area contributed by atoms with Crippen molar-refractivity contribution in [3.05, 3.63) is 59.9 Å². The van der Waals surface area contributed by atoms with Crippen molar-refractivity contribution < 1.29 is 26.4 Å². The van der Waals surface area contributed by atoms with Crippen molar-refractivity contribution in [3.63, 3.8) is 0 Å². The average Bonchev–Trinajstić information content (AvgIpc) is 2.72. The number of benzene rings is 1. The smallest absolute Gasteiger partial charge is 0.334 e. The standard InChI is InChI=1S/C18H19F3N4O3S/c19-18(20,21)15-4-1-5-16(11-15)29(27,28)25-9-7-24(8-10-25)17(26)23-13-14-3-2-6-22-12-14/h1-6,11-12H,7-10,13H2,(H,23,26). The number of hydrogen-bond donors (Lipinski definition) is 1. The second kappa shape index (κ2) is 8.37. The Morgan fingerprint density at radius 1 is 1.10 bits per heavy atom. The summed E-state index contributed by atoms with van der Waals surface area (Å²) in [4.78, 5) is 17.3. The minimum Gasteiger partial charge on any atom is -0.334 e. The third-order valence-electron chi connectivity index (χ3n) is 4.49. The number of amides is 2. The van der Waals surface area contributed by atoms with E-state index in [2.05, 4.69) is 10.3 Å². The first-order chi connectivity index (χ1) is 13.7. The van der Waals surface area contributed by atoms with Gasteiger partial charge in [-0.2, -0.15) is 17.5 Å². The molecule has 1 aromatic carbocycles. The maximum atomic E-state index is 12.9. The van der Waals surface area contributed by atoms with Crippen LogP contribution in [0.2, 0.25) is 0 Å². The number of nitrogens with zero attached hydrogens (tertiary/aromatic N) is 3. The minimum absolute atomic E-state index is 0.00110. The molecule has 2 aromatic rings. The predicted octanol–water partition coefficient (Wildman–Crippen LogP) is 2.32. The molecule has 7 nitrogen and oxygen atoms in total. The third-order valence-corrected chi connectivity index (χ3v) is 6.39. The molecule has 1 aromatic heterocycles. The Balaban J connectivity index is 1.60. The zero-order chi connectivity index (χ0) is 21.1. The number of hydrogen-bond acceptors (Lipinski definition) is 4. The lowest BCUT2D eigenvalue weighted by molar-refractivity contribution is -0.137. The first kappa shape index (κ1) is 21.1. The first-order valence-corrected chi connectivity index (χ1v) is 10.2. The van der Waals surface area contributed by atoms with Gasteiger partial charge in [0.25, 0.3) is 0 Å². The Hall–Kier alpha value is -2.66. The molecule has 1 N–H and O–H groups in total. The third kappa shape index (κ3) is 5.04. The molecule has 1 aliphatic rings. The molecule has 11 heteroatoms. The Kier molecular flexibility index (Phi) is 6.08. The van der Waals surface area contributed by atoms with E-state index in [0.717, 1.165) is 28.1 Å². The molecular weight excluding hydrogens is 409 g/mol. The summed E-state index contributed by atoms with van der Waals surface area (Å²) in [5.74, 6) is 0. The molecule has 0 aliphatic carbocycles. The van der Waals surface area contributed by atoms with E-state index in [1.54, 1.807) is 18.5 Å². The molecule has 156 valence electrons. The molecule has 3 rings (SSSR count). The first-order valence-electron chi connectivity index (χ1n) is 8.77. The van der Waals surface area contributed by atoms with Gasteiger partial charge in [0.1, 0.15) is 0 Å². The zero-order valence-corrected chi connectivity index (χ0v) is 16.1. The van der Waals surface area contributed by atoms with Crippen LogP contribution >= 0.6 is 0 Å². The van der Waals surface area contributed by atoms with Crippen LogP contribution < -0.4 is 5.32 Å². The number of urea groups is 1. The van der Waals surface area contributed by atoms with Crippen molar-refractivity contribution in [2.24, 2.45) is 0 Å². The van der Waals surface area contributed by atoms with Crippen LogP contribution in [0.25, 0.3) is 0 Å². The van der Waals surface area contributed by atoms with Gasteiger partial charge in [0.15, 0.2) is 0 Å². The van der Waals surface area contributed by atoms with Crippen LogP contribution in [0.5, 0.6) is 0 Å². The van der Waals surface area contributed by atoms with Crippen molar-refractivity contribution in [1.82, 2.24) is 19.5 Å². The summed E-state index contributed by atoms with van der Waals surface area (Å²) in [6, 6.07) is 6.87. The number of alkyl halides is 3. The van der Waals surface area contributed by atoms with E-state index < -0.39 is 26.7 Å².